The Bertz CT molecular complexity index is 964. The molecule has 10 heteroatoms. The van der Waals surface area contributed by atoms with E-state index in [1.807, 2.05) is 24.3 Å². The third-order valence-electron chi connectivity index (χ3n) is 3.97. The van der Waals surface area contributed by atoms with E-state index in [1.54, 1.807) is 43.0 Å². The van der Waals surface area contributed by atoms with Crippen LogP contribution in [0.2, 0.25) is 0 Å². The summed E-state index contributed by atoms with van der Waals surface area (Å²) in [7, 11) is 1.58. The van der Waals surface area contributed by atoms with Crippen molar-refractivity contribution in [3.8, 4) is 17.2 Å². The number of hydrogen-bond donors (Lipinski definition) is 1. The van der Waals surface area contributed by atoms with Gasteiger partial charge >= 0.3 is 5.97 Å². The maximum Gasteiger partial charge on any atom is 0.338 e. The summed E-state index contributed by atoms with van der Waals surface area (Å²) in [5.41, 5.74) is 1.16. The Morgan fingerprint density at radius 2 is 1.97 bits per heavy atom. The first kappa shape index (κ1) is 21.6. The van der Waals surface area contributed by atoms with E-state index in [4.69, 9.17) is 14.2 Å². The van der Waals surface area contributed by atoms with Crippen LogP contribution < -0.4 is 9.47 Å². The summed E-state index contributed by atoms with van der Waals surface area (Å²) in [6.45, 7) is 2.16. The van der Waals surface area contributed by atoms with E-state index in [9.17, 15) is 9.90 Å². The van der Waals surface area contributed by atoms with Gasteiger partial charge in [0.1, 0.15) is 23.8 Å². The maximum atomic E-state index is 11.7. The molecule has 0 aliphatic heterocycles. The fraction of sp³-hybridized carbons (Fsp3) is 0.300. The molecule has 0 spiro atoms. The third kappa shape index (κ3) is 5.49. The molecule has 30 heavy (non-hydrogen) atoms. The summed E-state index contributed by atoms with van der Waals surface area (Å²) in [6.07, 6.45) is -0.748. The average Bonchev–Trinajstić information content (AvgIpc) is 3.25. The van der Waals surface area contributed by atoms with Crippen molar-refractivity contribution in [1.29, 1.82) is 0 Å². The molecule has 1 unspecified atom stereocenters. The smallest absolute Gasteiger partial charge is 0.338 e. The topological polar surface area (TPSA) is 109 Å². The number of para-hydroxylation sites is 2. The minimum absolute atomic E-state index is 0.0853. The molecule has 1 aromatic heterocycles. The molecule has 0 amide bonds. The van der Waals surface area contributed by atoms with Crippen LogP contribution in [-0.4, -0.2) is 63.5 Å². The van der Waals surface area contributed by atoms with Crippen molar-refractivity contribution < 1.29 is 24.1 Å². The zero-order chi connectivity index (χ0) is 21.3. The van der Waals surface area contributed by atoms with Crippen LogP contribution in [0, 0.1) is 0 Å². The minimum atomic E-state index is -0.748. The van der Waals surface area contributed by atoms with E-state index in [-0.39, 0.29) is 12.6 Å². The van der Waals surface area contributed by atoms with E-state index in [0.29, 0.717) is 40.3 Å². The quantitative estimate of drug-likeness (QED) is 0.383. The molecular formula is C20H22N4O5S. The van der Waals surface area contributed by atoms with Gasteiger partial charge in [-0.2, -0.15) is 4.68 Å². The zero-order valence-corrected chi connectivity index (χ0v) is 17.4. The lowest BCUT2D eigenvalue weighted by molar-refractivity contribution is 0.0526. The van der Waals surface area contributed by atoms with Crippen LogP contribution in [0.15, 0.2) is 53.7 Å². The number of thioether (sulfide) groups is 1. The van der Waals surface area contributed by atoms with E-state index in [2.05, 4.69) is 15.5 Å². The number of rotatable bonds is 10. The number of aliphatic hydroxyl groups is 1. The van der Waals surface area contributed by atoms with Crippen molar-refractivity contribution in [3.63, 3.8) is 0 Å². The van der Waals surface area contributed by atoms with Gasteiger partial charge in [-0.15, -0.1) is 5.10 Å². The van der Waals surface area contributed by atoms with Crippen molar-refractivity contribution >= 4 is 17.7 Å². The highest BCUT2D eigenvalue weighted by Gasteiger charge is 2.15. The molecule has 2 aromatic carbocycles. The molecular weight excluding hydrogens is 408 g/mol. The van der Waals surface area contributed by atoms with Crippen LogP contribution in [0.4, 0.5) is 0 Å². The van der Waals surface area contributed by atoms with Gasteiger partial charge in [-0.3, -0.25) is 0 Å². The molecule has 0 bridgehead atoms. The second kappa shape index (κ2) is 10.6. The molecule has 158 valence electrons. The third-order valence-corrected chi connectivity index (χ3v) is 5.03. The number of ether oxygens (including phenoxy) is 3. The number of nitrogens with zero attached hydrogens (tertiary/aromatic N) is 4. The number of benzene rings is 2. The van der Waals surface area contributed by atoms with Crippen LogP contribution in [0.5, 0.6) is 11.5 Å². The SMILES string of the molecule is CCOC(=O)c1ccc(OCC(O)CSc2nnnn2-c2ccccc2OC)cc1. The monoisotopic (exact) mass is 430 g/mol. The molecule has 1 N–H and O–H groups in total. The molecule has 9 nitrogen and oxygen atoms in total. The van der Waals surface area contributed by atoms with E-state index >= 15 is 0 Å². The van der Waals surface area contributed by atoms with Crippen LogP contribution in [-0.2, 0) is 4.74 Å². The number of carbonyl (C=O) groups excluding carboxylic acids is 1. The van der Waals surface area contributed by atoms with E-state index in [1.165, 1.54) is 11.8 Å². The molecule has 1 atom stereocenters. The summed E-state index contributed by atoms with van der Waals surface area (Å²) < 4.78 is 17.4. The summed E-state index contributed by atoms with van der Waals surface area (Å²) >= 11 is 1.30. The van der Waals surface area contributed by atoms with Gasteiger partial charge in [-0.1, -0.05) is 23.9 Å². The van der Waals surface area contributed by atoms with Gasteiger partial charge in [0.2, 0.25) is 5.16 Å². The lowest BCUT2D eigenvalue weighted by atomic mass is 10.2. The average molecular weight is 430 g/mol. The first-order valence-corrected chi connectivity index (χ1v) is 10.2. The molecule has 0 radical (unpaired) electrons. The molecule has 0 aliphatic rings. The number of tetrazole rings is 1. The summed E-state index contributed by atoms with van der Waals surface area (Å²) in [5, 5.41) is 22.5. The van der Waals surface area contributed by atoms with Gasteiger partial charge in [0.25, 0.3) is 0 Å². The Labute approximate surface area is 178 Å². The van der Waals surface area contributed by atoms with Gasteiger partial charge in [0, 0.05) is 5.75 Å². The molecule has 0 fully saturated rings. The standard InChI is InChI=1S/C20H22N4O5S/c1-3-28-19(26)14-8-10-16(11-9-14)29-12-15(25)13-30-20-21-22-23-24(20)17-6-4-5-7-18(17)27-2/h4-11,15,25H,3,12-13H2,1-2H3. The van der Waals surface area contributed by atoms with Crippen molar-refractivity contribution in [2.24, 2.45) is 0 Å². The zero-order valence-electron chi connectivity index (χ0n) is 16.6. The molecule has 0 saturated carbocycles. The Kier molecular flexibility index (Phi) is 7.63. The lowest BCUT2D eigenvalue weighted by Crippen LogP contribution is -2.20. The number of aliphatic hydroxyl groups excluding tert-OH is 1. The fourth-order valence-electron chi connectivity index (χ4n) is 2.54. The van der Waals surface area contributed by atoms with Crippen LogP contribution >= 0.6 is 11.8 Å². The number of methoxy groups -OCH3 is 1. The second-order valence-electron chi connectivity index (χ2n) is 6.07. The highest BCUT2D eigenvalue weighted by atomic mass is 32.2. The number of carbonyl (C=O) groups is 1. The van der Waals surface area contributed by atoms with E-state index < -0.39 is 6.10 Å². The lowest BCUT2D eigenvalue weighted by Gasteiger charge is -2.13. The van der Waals surface area contributed by atoms with Gasteiger partial charge in [0.15, 0.2) is 0 Å². The first-order valence-electron chi connectivity index (χ1n) is 9.25. The molecule has 3 rings (SSSR count). The fourth-order valence-corrected chi connectivity index (χ4v) is 3.33. The Morgan fingerprint density at radius 3 is 2.70 bits per heavy atom. The molecule has 1 heterocycles. The molecule has 0 saturated heterocycles. The largest absolute Gasteiger partial charge is 0.494 e. The van der Waals surface area contributed by atoms with Gasteiger partial charge in [0.05, 0.1) is 25.4 Å². The Hall–Kier alpha value is -3.11. The number of hydrogen-bond acceptors (Lipinski definition) is 9. The van der Waals surface area contributed by atoms with Crippen LogP contribution in [0.1, 0.15) is 17.3 Å². The van der Waals surface area contributed by atoms with Crippen molar-refractivity contribution in [2.45, 2.75) is 18.2 Å². The highest BCUT2D eigenvalue weighted by molar-refractivity contribution is 7.99. The number of esters is 1. The number of aromatic nitrogens is 4. The normalized spacial score (nSPS) is 11.7. The van der Waals surface area contributed by atoms with Crippen molar-refractivity contribution in [3.05, 3.63) is 54.1 Å². The predicted molar refractivity (Wildman–Crippen MR) is 110 cm³/mol. The highest BCUT2D eigenvalue weighted by Crippen LogP contribution is 2.26. The Morgan fingerprint density at radius 1 is 1.20 bits per heavy atom. The first-order chi connectivity index (χ1) is 14.6. The summed E-state index contributed by atoms with van der Waals surface area (Å²) in [5.74, 6) is 1.14. The van der Waals surface area contributed by atoms with Gasteiger partial charge in [-0.05, 0) is 53.7 Å². The van der Waals surface area contributed by atoms with Gasteiger partial charge < -0.3 is 19.3 Å². The maximum absolute atomic E-state index is 11.7. The molecule has 3 aromatic rings. The second-order valence-corrected chi connectivity index (χ2v) is 7.05. The van der Waals surface area contributed by atoms with Crippen molar-refractivity contribution in [2.75, 3.05) is 26.1 Å². The minimum Gasteiger partial charge on any atom is -0.494 e. The van der Waals surface area contributed by atoms with Crippen molar-refractivity contribution in [1.82, 2.24) is 20.2 Å². The van der Waals surface area contributed by atoms with Crippen LogP contribution in [0.3, 0.4) is 0 Å². The molecule has 0 aliphatic carbocycles. The van der Waals surface area contributed by atoms with Gasteiger partial charge in [-0.25, -0.2) is 4.79 Å². The predicted octanol–water partition coefficient (Wildman–Crippen LogP) is 2.38. The van der Waals surface area contributed by atoms with E-state index in [0.717, 1.165) is 0 Å². The van der Waals surface area contributed by atoms with Crippen LogP contribution in [0.25, 0.3) is 5.69 Å². The summed E-state index contributed by atoms with van der Waals surface area (Å²) in [6, 6.07) is 14.0. The summed E-state index contributed by atoms with van der Waals surface area (Å²) in [4.78, 5) is 11.7. The Balaban J connectivity index is 1.53.